The van der Waals surface area contributed by atoms with E-state index in [0.717, 1.165) is 25.1 Å². The van der Waals surface area contributed by atoms with Crippen molar-refractivity contribution in [1.29, 1.82) is 0 Å². The highest BCUT2D eigenvalue weighted by atomic mass is 16.3. The Balaban J connectivity index is 1.98. The van der Waals surface area contributed by atoms with Gasteiger partial charge in [-0.3, -0.25) is 0 Å². The van der Waals surface area contributed by atoms with E-state index in [1.165, 1.54) is 5.56 Å². The predicted octanol–water partition coefficient (Wildman–Crippen LogP) is 2.91. The van der Waals surface area contributed by atoms with Crippen LogP contribution in [0.15, 0.2) is 42.7 Å². The minimum Gasteiger partial charge on any atom is -0.392 e. The number of aromatic nitrogens is 2. The number of aryl methyl sites for hydroxylation is 2. The van der Waals surface area contributed by atoms with Crippen LogP contribution in [-0.4, -0.2) is 20.8 Å². The van der Waals surface area contributed by atoms with Gasteiger partial charge in [-0.25, -0.2) is 4.98 Å². The van der Waals surface area contributed by atoms with E-state index in [4.69, 9.17) is 0 Å². The van der Waals surface area contributed by atoms with Crippen LogP contribution in [0, 0.1) is 0 Å². The van der Waals surface area contributed by atoms with E-state index in [-0.39, 0.29) is 12.0 Å². The van der Waals surface area contributed by atoms with E-state index in [9.17, 15) is 5.11 Å². The van der Waals surface area contributed by atoms with E-state index < -0.39 is 0 Å². The zero-order chi connectivity index (χ0) is 13.7. The van der Waals surface area contributed by atoms with Gasteiger partial charge in [0, 0.05) is 31.8 Å². The molecule has 1 heterocycles. The molecule has 0 saturated heterocycles. The first-order valence-corrected chi connectivity index (χ1v) is 6.91. The van der Waals surface area contributed by atoms with E-state index in [2.05, 4.69) is 24.0 Å². The molecule has 0 spiro atoms. The molecule has 0 amide bonds. The summed E-state index contributed by atoms with van der Waals surface area (Å²) in [6, 6.07) is 10.3. The Labute approximate surface area is 114 Å². The summed E-state index contributed by atoms with van der Waals surface area (Å²) in [4.78, 5) is 4.30. The van der Waals surface area contributed by atoms with Crippen LogP contribution in [-0.2, 0) is 13.5 Å². The van der Waals surface area contributed by atoms with Gasteiger partial charge in [0.2, 0.25) is 0 Å². The minimum atomic E-state index is -0.316. The van der Waals surface area contributed by atoms with Crippen molar-refractivity contribution < 1.29 is 5.11 Å². The molecule has 2 unspecified atom stereocenters. The molecule has 0 fully saturated rings. The van der Waals surface area contributed by atoms with E-state index in [1.807, 2.05) is 36.0 Å². The molecule has 0 saturated carbocycles. The van der Waals surface area contributed by atoms with E-state index in [0.29, 0.717) is 0 Å². The topological polar surface area (TPSA) is 38.1 Å². The van der Waals surface area contributed by atoms with Crippen LogP contribution in [0.25, 0.3) is 0 Å². The molecular formula is C16H22N2O. The Hall–Kier alpha value is -1.61. The van der Waals surface area contributed by atoms with Crippen molar-refractivity contribution in [2.75, 3.05) is 0 Å². The van der Waals surface area contributed by atoms with Gasteiger partial charge in [-0.15, -0.1) is 0 Å². The number of aliphatic hydroxyl groups excluding tert-OH is 1. The van der Waals surface area contributed by atoms with Gasteiger partial charge < -0.3 is 9.67 Å². The molecule has 19 heavy (non-hydrogen) atoms. The largest absolute Gasteiger partial charge is 0.392 e. The van der Waals surface area contributed by atoms with Crippen LogP contribution in [0.2, 0.25) is 0 Å². The minimum absolute atomic E-state index is 0.210. The Morgan fingerprint density at radius 3 is 2.58 bits per heavy atom. The van der Waals surface area contributed by atoms with Crippen LogP contribution < -0.4 is 0 Å². The molecule has 0 aliphatic heterocycles. The monoisotopic (exact) mass is 258 g/mol. The fraction of sp³-hybridized carbons (Fsp3) is 0.438. The average molecular weight is 258 g/mol. The summed E-state index contributed by atoms with van der Waals surface area (Å²) < 4.78 is 2.01. The quantitative estimate of drug-likeness (QED) is 0.865. The van der Waals surface area contributed by atoms with Gasteiger partial charge in [0.05, 0.1) is 6.10 Å². The molecule has 0 aliphatic rings. The number of hydrogen-bond acceptors (Lipinski definition) is 2. The number of hydrogen-bond donors (Lipinski definition) is 1. The predicted molar refractivity (Wildman–Crippen MR) is 77.0 cm³/mol. The number of aliphatic hydroxyl groups is 1. The number of benzene rings is 1. The second-order valence-corrected chi connectivity index (χ2v) is 4.99. The molecule has 1 aromatic heterocycles. The van der Waals surface area contributed by atoms with Crippen molar-refractivity contribution >= 4 is 0 Å². The van der Waals surface area contributed by atoms with Crippen molar-refractivity contribution in [3.8, 4) is 0 Å². The number of nitrogens with zero attached hydrogens (tertiary/aromatic N) is 2. The maximum atomic E-state index is 10.4. The zero-order valence-electron chi connectivity index (χ0n) is 11.7. The third-order valence-electron chi connectivity index (χ3n) is 3.72. The standard InChI is InChI=1S/C16H22N2O/c1-3-14(13-7-5-4-6-8-13)15(19)9-10-16-17-11-12-18(16)2/h4-8,11-12,14-15,19H,3,9-10H2,1-2H3. The maximum Gasteiger partial charge on any atom is 0.108 e. The van der Waals surface area contributed by atoms with Gasteiger partial charge in [-0.05, 0) is 18.4 Å². The van der Waals surface area contributed by atoms with Crippen molar-refractivity contribution in [1.82, 2.24) is 9.55 Å². The third kappa shape index (κ3) is 3.44. The summed E-state index contributed by atoms with van der Waals surface area (Å²) in [6.45, 7) is 2.13. The first-order valence-electron chi connectivity index (χ1n) is 6.91. The molecule has 2 atom stereocenters. The summed E-state index contributed by atoms with van der Waals surface area (Å²) >= 11 is 0. The number of rotatable bonds is 6. The first-order chi connectivity index (χ1) is 9.22. The second kappa shape index (κ2) is 6.53. The van der Waals surface area contributed by atoms with Gasteiger partial charge in [0.1, 0.15) is 5.82 Å². The van der Waals surface area contributed by atoms with Crippen molar-refractivity contribution in [2.24, 2.45) is 7.05 Å². The summed E-state index contributed by atoms with van der Waals surface area (Å²) in [6.07, 6.45) is 5.94. The summed E-state index contributed by atoms with van der Waals surface area (Å²) in [5, 5.41) is 10.4. The smallest absolute Gasteiger partial charge is 0.108 e. The van der Waals surface area contributed by atoms with Crippen LogP contribution >= 0.6 is 0 Å². The van der Waals surface area contributed by atoms with Crippen LogP contribution in [0.1, 0.15) is 37.1 Å². The normalized spacial score (nSPS) is 14.3. The fourth-order valence-corrected chi connectivity index (χ4v) is 2.55. The van der Waals surface area contributed by atoms with Gasteiger partial charge in [0.25, 0.3) is 0 Å². The van der Waals surface area contributed by atoms with Crippen molar-refractivity contribution in [3.63, 3.8) is 0 Å². The highest BCUT2D eigenvalue weighted by Crippen LogP contribution is 2.25. The van der Waals surface area contributed by atoms with Crippen LogP contribution in [0.3, 0.4) is 0 Å². The maximum absolute atomic E-state index is 10.4. The summed E-state index contributed by atoms with van der Waals surface area (Å²) in [5.74, 6) is 1.24. The summed E-state index contributed by atoms with van der Waals surface area (Å²) in [5.41, 5.74) is 1.22. The molecule has 3 heteroatoms. The SMILES string of the molecule is CCC(c1ccccc1)C(O)CCc1nccn1C. The Morgan fingerprint density at radius 2 is 2.00 bits per heavy atom. The number of imidazole rings is 1. The lowest BCUT2D eigenvalue weighted by molar-refractivity contribution is 0.130. The fourth-order valence-electron chi connectivity index (χ4n) is 2.55. The molecule has 102 valence electrons. The van der Waals surface area contributed by atoms with Crippen LogP contribution in [0.4, 0.5) is 0 Å². The Bertz CT molecular complexity index is 492. The molecule has 1 aromatic carbocycles. The molecule has 2 aromatic rings. The molecule has 1 N–H and O–H groups in total. The van der Waals surface area contributed by atoms with Crippen molar-refractivity contribution in [2.45, 2.75) is 38.2 Å². The van der Waals surface area contributed by atoms with Crippen LogP contribution in [0.5, 0.6) is 0 Å². The lowest BCUT2D eigenvalue weighted by atomic mass is 9.88. The van der Waals surface area contributed by atoms with Gasteiger partial charge in [-0.1, -0.05) is 37.3 Å². The zero-order valence-corrected chi connectivity index (χ0v) is 11.7. The lowest BCUT2D eigenvalue weighted by Gasteiger charge is -2.22. The molecular weight excluding hydrogens is 236 g/mol. The van der Waals surface area contributed by atoms with Gasteiger partial charge in [0.15, 0.2) is 0 Å². The highest BCUT2D eigenvalue weighted by molar-refractivity contribution is 5.20. The molecule has 2 rings (SSSR count). The molecule has 3 nitrogen and oxygen atoms in total. The molecule has 0 bridgehead atoms. The second-order valence-electron chi connectivity index (χ2n) is 4.99. The lowest BCUT2D eigenvalue weighted by Crippen LogP contribution is -2.19. The summed E-state index contributed by atoms with van der Waals surface area (Å²) in [7, 11) is 1.99. The van der Waals surface area contributed by atoms with E-state index >= 15 is 0 Å². The Morgan fingerprint density at radius 1 is 1.26 bits per heavy atom. The van der Waals surface area contributed by atoms with Gasteiger partial charge in [-0.2, -0.15) is 0 Å². The molecule has 0 radical (unpaired) electrons. The first kappa shape index (κ1) is 13.8. The highest BCUT2D eigenvalue weighted by Gasteiger charge is 2.19. The van der Waals surface area contributed by atoms with Crippen molar-refractivity contribution in [3.05, 3.63) is 54.1 Å². The Kier molecular flexibility index (Phi) is 4.74. The molecule has 0 aliphatic carbocycles. The van der Waals surface area contributed by atoms with E-state index in [1.54, 1.807) is 6.20 Å². The third-order valence-corrected chi connectivity index (χ3v) is 3.72. The average Bonchev–Trinajstić information content (AvgIpc) is 2.84. The van der Waals surface area contributed by atoms with Gasteiger partial charge >= 0.3 is 0 Å².